The minimum Gasteiger partial charge on any atom is -0.491 e. The van der Waals surface area contributed by atoms with Crippen molar-refractivity contribution in [2.45, 2.75) is 43.7 Å². The zero-order chi connectivity index (χ0) is 24.0. The maximum absolute atomic E-state index is 15.3. The first-order valence-corrected chi connectivity index (χ1v) is 11.6. The molecule has 3 aliphatic heterocycles. The first kappa shape index (κ1) is 23.1. The molecular formula is C23H25ClF2N4O4. The summed E-state index contributed by atoms with van der Waals surface area (Å²) < 4.78 is 35.0. The highest BCUT2D eigenvalue weighted by Gasteiger charge is 2.38. The van der Waals surface area contributed by atoms with Gasteiger partial charge in [0.05, 0.1) is 24.0 Å². The van der Waals surface area contributed by atoms with Gasteiger partial charge in [-0.15, -0.1) is 0 Å². The molecule has 11 heteroatoms. The molecule has 2 saturated heterocycles. The predicted molar refractivity (Wildman–Crippen MR) is 122 cm³/mol. The van der Waals surface area contributed by atoms with Gasteiger partial charge < -0.3 is 30.5 Å². The first-order valence-electron chi connectivity index (χ1n) is 11.2. The highest BCUT2D eigenvalue weighted by atomic mass is 35.5. The topological polar surface area (TPSA) is 106 Å². The van der Waals surface area contributed by atoms with Crippen LogP contribution in [0.3, 0.4) is 0 Å². The van der Waals surface area contributed by atoms with E-state index in [0.29, 0.717) is 61.0 Å². The van der Waals surface area contributed by atoms with Gasteiger partial charge in [0.15, 0.2) is 0 Å². The fourth-order valence-electron chi connectivity index (χ4n) is 4.88. The second-order valence-corrected chi connectivity index (χ2v) is 9.27. The largest absolute Gasteiger partial charge is 0.491 e. The van der Waals surface area contributed by atoms with Gasteiger partial charge in [0.2, 0.25) is 0 Å². The zero-order valence-electron chi connectivity index (χ0n) is 18.2. The molecular weight excluding hydrogens is 470 g/mol. The van der Waals surface area contributed by atoms with Crippen LogP contribution in [0, 0.1) is 11.6 Å². The number of piperidine rings is 1. The number of hydrogen-bond acceptors (Lipinski definition) is 6. The standard InChI is InChI=1S/C23H25ClF2N4O4/c24-11-1-3-15(25)17(7-11)28-23(33)27-12-9-30(10-12)18-8-16(26)20(13-5-6-34-21(13)18)14-2-4-19(31)29-22(14)32/h1,3,7-8,12,14,19,22,29,31-32H,2,4-6,9-10H2,(H2,27,28,33)/t14-,19-,22-/m1/s1. The van der Waals surface area contributed by atoms with E-state index in [1.807, 2.05) is 4.90 Å². The molecule has 0 bridgehead atoms. The van der Waals surface area contributed by atoms with Crippen molar-refractivity contribution in [1.29, 1.82) is 0 Å². The van der Waals surface area contributed by atoms with Crippen LogP contribution in [0.2, 0.25) is 5.02 Å². The van der Waals surface area contributed by atoms with Crippen molar-refractivity contribution in [3.8, 4) is 5.75 Å². The lowest BCUT2D eigenvalue weighted by Gasteiger charge is -2.42. The number of urea groups is 1. The van der Waals surface area contributed by atoms with Gasteiger partial charge in [-0.05, 0) is 31.0 Å². The van der Waals surface area contributed by atoms with Crippen molar-refractivity contribution in [3.63, 3.8) is 0 Å². The quantitative estimate of drug-likeness (QED) is 0.447. The number of fused-ring (bicyclic) bond motifs is 1. The molecule has 0 unspecified atom stereocenters. The molecule has 182 valence electrons. The number of nitrogens with zero attached hydrogens (tertiary/aromatic N) is 1. The number of aliphatic hydroxyl groups is 2. The number of benzene rings is 2. The third-order valence-electron chi connectivity index (χ3n) is 6.55. The number of anilines is 2. The lowest BCUT2D eigenvalue weighted by atomic mass is 9.84. The number of rotatable bonds is 4. The Morgan fingerprint density at radius 1 is 1.18 bits per heavy atom. The highest BCUT2D eigenvalue weighted by molar-refractivity contribution is 6.30. The molecule has 2 fully saturated rings. The van der Waals surface area contributed by atoms with E-state index in [1.165, 1.54) is 24.3 Å². The Bertz CT molecular complexity index is 1110. The summed E-state index contributed by atoms with van der Waals surface area (Å²) >= 11 is 5.85. The van der Waals surface area contributed by atoms with E-state index in [-0.39, 0.29) is 11.7 Å². The van der Waals surface area contributed by atoms with E-state index >= 15 is 4.39 Å². The SMILES string of the molecule is O=C(Nc1cc(Cl)ccc1F)NC1CN(c2cc(F)c([C@H]3CC[C@@H](O)N[C@@H]3O)c3c2OCC3)C1. The normalized spacial score (nSPS) is 24.3. The van der Waals surface area contributed by atoms with Gasteiger partial charge in [-0.1, -0.05) is 11.6 Å². The number of amides is 2. The molecule has 0 radical (unpaired) electrons. The Kier molecular flexibility index (Phi) is 6.24. The van der Waals surface area contributed by atoms with Crippen molar-refractivity contribution in [2.24, 2.45) is 0 Å². The monoisotopic (exact) mass is 494 g/mol. The number of hydrogen-bond donors (Lipinski definition) is 5. The maximum Gasteiger partial charge on any atom is 0.319 e. The second kappa shape index (κ2) is 9.18. The van der Waals surface area contributed by atoms with Gasteiger partial charge in [-0.2, -0.15) is 0 Å². The molecule has 34 heavy (non-hydrogen) atoms. The van der Waals surface area contributed by atoms with Gasteiger partial charge in [-0.25, -0.2) is 13.6 Å². The number of carbonyl (C=O) groups is 1. The average molecular weight is 495 g/mol. The summed E-state index contributed by atoms with van der Waals surface area (Å²) in [6.45, 7) is 1.28. The van der Waals surface area contributed by atoms with Gasteiger partial charge in [0.25, 0.3) is 0 Å². The minimum atomic E-state index is -1.05. The fraction of sp³-hybridized carbons (Fsp3) is 0.435. The molecule has 0 aromatic heterocycles. The molecule has 0 spiro atoms. The van der Waals surface area contributed by atoms with Crippen LogP contribution in [0.15, 0.2) is 24.3 Å². The van der Waals surface area contributed by atoms with E-state index in [4.69, 9.17) is 16.3 Å². The number of aliphatic hydroxyl groups excluding tert-OH is 2. The first-order chi connectivity index (χ1) is 16.3. The van der Waals surface area contributed by atoms with E-state index < -0.39 is 36.0 Å². The number of carbonyl (C=O) groups excluding carboxylic acids is 1. The van der Waals surface area contributed by atoms with E-state index in [2.05, 4.69) is 16.0 Å². The summed E-state index contributed by atoms with van der Waals surface area (Å²) in [5.74, 6) is -0.897. The summed E-state index contributed by atoms with van der Waals surface area (Å²) in [7, 11) is 0. The average Bonchev–Trinajstić information content (AvgIpc) is 3.23. The van der Waals surface area contributed by atoms with Crippen molar-refractivity contribution in [3.05, 3.63) is 52.0 Å². The molecule has 0 aliphatic carbocycles. The predicted octanol–water partition coefficient (Wildman–Crippen LogP) is 2.67. The third-order valence-corrected chi connectivity index (χ3v) is 6.79. The minimum absolute atomic E-state index is 0.0167. The Labute approximate surface area is 199 Å². The zero-order valence-corrected chi connectivity index (χ0v) is 18.9. The molecule has 2 amide bonds. The third kappa shape index (κ3) is 4.38. The summed E-state index contributed by atoms with van der Waals surface area (Å²) in [6, 6.07) is 4.53. The molecule has 3 heterocycles. The van der Waals surface area contributed by atoms with Crippen LogP contribution in [0.4, 0.5) is 25.0 Å². The maximum atomic E-state index is 15.3. The molecule has 2 aromatic carbocycles. The molecule has 0 saturated carbocycles. The lowest BCUT2D eigenvalue weighted by Crippen LogP contribution is -2.60. The van der Waals surface area contributed by atoms with E-state index in [9.17, 15) is 19.4 Å². The molecule has 3 aliphatic rings. The fourth-order valence-corrected chi connectivity index (χ4v) is 5.05. The van der Waals surface area contributed by atoms with E-state index in [0.717, 1.165) is 5.56 Å². The molecule has 5 N–H and O–H groups in total. The van der Waals surface area contributed by atoms with Crippen LogP contribution < -0.4 is 25.6 Å². The Balaban J connectivity index is 1.26. The number of halogens is 3. The molecule has 2 aromatic rings. The lowest BCUT2D eigenvalue weighted by molar-refractivity contribution is -0.0109. The van der Waals surface area contributed by atoms with Crippen LogP contribution in [0.5, 0.6) is 5.75 Å². The van der Waals surface area contributed by atoms with Crippen molar-refractivity contribution >= 4 is 29.0 Å². The summed E-state index contributed by atoms with van der Waals surface area (Å²) in [6.07, 6.45) is -0.454. The van der Waals surface area contributed by atoms with Crippen molar-refractivity contribution in [2.75, 3.05) is 29.9 Å². The Morgan fingerprint density at radius 3 is 2.74 bits per heavy atom. The molecule has 5 rings (SSSR count). The van der Waals surface area contributed by atoms with Gasteiger partial charge in [-0.3, -0.25) is 5.32 Å². The van der Waals surface area contributed by atoms with Gasteiger partial charge >= 0.3 is 6.03 Å². The number of nitrogens with one attached hydrogen (secondary N) is 3. The van der Waals surface area contributed by atoms with Gasteiger partial charge in [0, 0.05) is 47.6 Å². The van der Waals surface area contributed by atoms with Crippen molar-refractivity contribution < 1.29 is 28.5 Å². The van der Waals surface area contributed by atoms with Crippen LogP contribution in [0.25, 0.3) is 0 Å². The summed E-state index contributed by atoms with van der Waals surface area (Å²) in [4.78, 5) is 14.2. The van der Waals surface area contributed by atoms with Crippen LogP contribution >= 0.6 is 11.6 Å². The van der Waals surface area contributed by atoms with Gasteiger partial charge in [0.1, 0.15) is 29.8 Å². The molecule has 3 atom stereocenters. The van der Waals surface area contributed by atoms with Crippen LogP contribution in [-0.2, 0) is 6.42 Å². The van der Waals surface area contributed by atoms with E-state index in [1.54, 1.807) is 0 Å². The Hall–Kier alpha value is -2.66. The Morgan fingerprint density at radius 2 is 1.97 bits per heavy atom. The summed E-state index contributed by atoms with van der Waals surface area (Å²) in [5, 5.41) is 28.3. The molecule has 8 nitrogen and oxygen atoms in total. The van der Waals surface area contributed by atoms with Crippen molar-refractivity contribution in [1.82, 2.24) is 10.6 Å². The van der Waals surface area contributed by atoms with Crippen LogP contribution in [0.1, 0.15) is 29.9 Å². The van der Waals surface area contributed by atoms with Crippen LogP contribution in [-0.4, -0.2) is 54.4 Å². The number of ether oxygens (including phenoxy) is 1. The highest BCUT2D eigenvalue weighted by Crippen LogP contribution is 2.45. The second-order valence-electron chi connectivity index (χ2n) is 8.83. The smallest absolute Gasteiger partial charge is 0.319 e. The summed E-state index contributed by atoms with van der Waals surface area (Å²) in [5.41, 5.74) is 1.76.